The number of Topliss-reactive ketones (excluding diaryl/α,β-unsaturated/α-hetero) is 1. The van der Waals surface area contributed by atoms with Crippen LogP contribution >= 0.6 is 0 Å². The van der Waals surface area contributed by atoms with Crippen molar-refractivity contribution >= 4 is 93.5 Å². The minimum atomic E-state index is -0.785. The number of likely N-dealkylation sites (N-methyl/N-ethyl adjacent to an activating group) is 1. The summed E-state index contributed by atoms with van der Waals surface area (Å²) in [5, 5.41) is 8.47. The highest BCUT2D eigenvalue weighted by molar-refractivity contribution is 6.07. The summed E-state index contributed by atoms with van der Waals surface area (Å²) in [4.78, 5) is 123. The Morgan fingerprint density at radius 1 is 0.559 bits per heavy atom. The van der Waals surface area contributed by atoms with Gasteiger partial charge in [0, 0.05) is 144 Å². The van der Waals surface area contributed by atoms with Gasteiger partial charge in [-0.05, 0) is 84.1 Å². The number of aryl methyl sites for hydroxylation is 1. The average molecular weight is 1540 g/mol. The fourth-order valence-corrected chi connectivity index (χ4v) is 13.4. The Labute approximate surface area is 649 Å². The van der Waals surface area contributed by atoms with Crippen LogP contribution in [0.3, 0.4) is 0 Å². The number of nitrogens with zero attached hydrogens (tertiary/aromatic N) is 7. The molecule has 29 heteroatoms. The van der Waals surface area contributed by atoms with Gasteiger partial charge in [-0.2, -0.15) is 0 Å². The van der Waals surface area contributed by atoms with E-state index in [-0.39, 0.29) is 116 Å². The second kappa shape index (κ2) is 42.9. The van der Waals surface area contributed by atoms with E-state index in [1.807, 2.05) is 57.6 Å². The number of fused-ring (bicyclic) bond motifs is 4. The summed E-state index contributed by atoms with van der Waals surface area (Å²) >= 11 is 0. The third kappa shape index (κ3) is 24.6. The molecule has 0 bridgehead atoms. The lowest BCUT2D eigenvalue weighted by Gasteiger charge is -2.34. The SMILES string of the molecule is COc1cc2c(cc1OCCCOc1cc3c(cc1C)C(=O)N1C=C(c4ccc(NC(=O)[C@H](C)CC(=O)[C@@H](NC(=O)CCOCCOCCOCCOCCOCCOCCOCCOCCNC(=O)CCN5C(=O)CC(C)C5=O)C(C)C)cc4)C[C@H]1C=N3)N=C[C@@H]1CC(c3ccc(N4CCN(C)CC4)cc3)=CN1C2=O. The highest BCUT2D eigenvalue weighted by Gasteiger charge is 2.38. The van der Waals surface area contributed by atoms with Gasteiger partial charge in [0.2, 0.25) is 29.5 Å². The molecule has 6 aliphatic heterocycles. The second-order valence-corrected chi connectivity index (χ2v) is 28.5. The summed E-state index contributed by atoms with van der Waals surface area (Å²) in [5.41, 5.74) is 8.43. The summed E-state index contributed by atoms with van der Waals surface area (Å²) in [7, 11) is 3.70. The first-order valence-corrected chi connectivity index (χ1v) is 38.6. The molecule has 0 spiro atoms. The van der Waals surface area contributed by atoms with Crippen molar-refractivity contribution in [2.24, 2.45) is 27.7 Å². The van der Waals surface area contributed by atoms with Crippen LogP contribution in [-0.4, -0.2) is 270 Å². The molecule has 600 valence electrons. The number of nitrogens with one attached hydrogen (secondary N) is 3. The van der Waals surface area contributed by atoms with Crippen molar-refractivity contribution in [1.29, 1.82) is 0 Å². The number of ketones is 1. The first-order chi connectivity index (χ1) is 53.8. The topological polar surface area (TPSA) is 315 Å². The summed E-state index contributed by atoms with van der Waals surface area (Å²) in [6, 6.07) is 21.7. The molecule has 3 N–H and O–H groups in total. The number of rotatable bonds is 47. The molecule has 0 aromatic heterocycles. The van der Waals surface area contributed by atoms with E-state index in [0.717, 1.165) is 58.9 Å². The van der Waals surface area contributed by atoms with E-state index in [9.17, 15) is 38.4 Å². The molecule has 5 atom stereocenters. The lowest BCUT2D eigenvalue weighted by Crippen LogP contribution is -2.45. The van der Waals surface area contributed by atoms with Crippen molar-refractivity contribution in [3.8, 4) is 17.2 Å². The number of carbonyl (C=O) groups excluding carboxylic acids is 8. The zero-order valence-electron chi connectivity index (χ0n) is 65.0. The number of imide groups is 1. The Morgan fingerprint density at radius 2 is 1.05 bits per heavy atom. The number of carbonyl (C=O) groups is 8. The van der Waals surface area contributed by atoms with Crippen LogP contribution in [0.2, 0.25) is 0 Å². The maximum Gasteiger partial charge on any atom is 0.260 e. The van der Waals surface area contributed by atoms with Crippen molar-refractivity contribution in [3.05, 3.63) is 113 Å². The van der Waals surface area contributed by atoms with Gasteiger partial charge < -0.3 is 87.7 Å². The number of aliphatic imine (C=N–C) groups is 2. The number of benzene rings is 4. The quantitative estimate of drug-likeness (QED) is 0.0282. The van der Waals surface area contributed by atoms with Gasteiger partial charge >= 0.3 is 0 Å². The predicted octanol–water partition coefficient (Wildman–Crippen LogP) is 7.65. The predicted molar refractivity (Wildman–Crippen MR) is 417 cm³/mol. The van der Waals surface area contributed by atoms with Crippen molar-refractivity contribution in [1.82, 2.24) is 30.2 Å². The number of amides is 7. The summed E-state index contributed by atoms with van der Waals surface area (Å²) in [6.45, 7) is 19.8. The molecule has 6 heterocycles. The average Bonchev–Trinajstić information content (AvgIpc) is 1.62. The number of methoxy groups -OCH3 is 1. The molecule has 7 amide bonds. The maximum atomic E-state index is 14.2. The Morgan fingerprint density at radius 3 is 1.57 bits per heavy atom. The number of ether oxygens (including phenoxy) is 11. The number of hydrogen-bond donors (Lipinski definition) is 3. The van der Waals surface area contributed by atoms with E-state index in [2.05, 4.69) is 57.1 Å². The molecule has 4 aromatic carbocycles. The number of piperazine rings is 1. The molecule has 111 heavy (non-hydrogen) atoms. The minimum absolute atomic E-state index is 0.0449. The van der Waals surface area contributed by atoms with Crippen LogP contribution in [0.15, 0.2) is 95.2 Å². The molecule has 2 saturated heterocycles. The van der Waals surface area contributed by atoms with E-state index in [4.69, 9.17) is 62.1 Å². The lowest BCUT2D eigenvalue weighted by atomic mass is 9.92. The van der Waals surface area contributed by atoms with Gasteiger partial charge in [-0.1, -0.05) is 52.0 Å². The van der Waals surface area contributed by atoms with Gasteiger partial charge in [0.05, 0.1) is 167 Å². The van der Waals surface area contributed by atoms with E-state index < -0.39 is 12.0 Å². The van der Waals surface area contributed by atoms with Gasteiger partial charge in [0.25, 0.3) is 11.8 Å². The normalized spacial score (nSPS) is 17.9. The molecule has 0 radical (unpaired) electrons. The molecule has 10 rings (SSSR count). The molecule has 2 fully saturated rings. The van der Waals surface area contributed by atoms with E-state index in [1.54, 1.807) is 67.3 Å². The maximum absolute atomic E-state index is 14.2. The zero-order valence-corrected chi connectivity index (χ0v) is 65.0. The van der Waals surface area contributed by atoms with Crippen molar-refractivity contribution in [3.63, 3.8) is 0 Å². The highest BCUT2D eigenvalue weighted by atomic mass is 16.6. The van der Waals surface area contributed by atoms with Crippen LogP contribution in [0.5, 0.6) is 17.2 Å². The van der Waals surface area contributed by atoms with Crippen LogP contribution < -0.4 is 35.1 Å². The first kappa shape index (κ1) is 84.2. The number of likely N-dealkylation sites (tertiary alicyclic amines) is 1. The molecule has 4 aromatic rings. The Bertz CT molecular complexity index is 3950. The van der Waals surface area contributed by atoms with Gasteiger partial charge in [-0.3, -0.25) is 53.2 Å². The van der Waals surface area contributed by atoms with Gasteiger partial charge in [0.1, 0.15) is 5.75 Å². The number of anilines is 2. The summed E-state index contributed by atoms with van der Waals surface area (Å²) in [5.74, 6) is -1.70. The fraction of sp³-hybridized carbons (Fsp3) is 0.537. The van der Waals surface area contributed by atoms with Gasteiger partial charge in [-0.15, -0.1) is 0 Å². The van der Waals surface area contributed by atoms with Crippen LogP contribution in [0.4, 0.5) is 22.7 Å². The molecular weight excluding hydrogens is 1430 g/mol. The van der Waals surface area contributed by atoms with Crippen LogP contribution in [-0.2, 0) is 66.7 Å². The van der Waals surface area contributed by atoms with Crippen molar-refractivity contribution in [2.45, 2.75) is 97.7 Å². The molecule has 6 aliphatic rings. The Kier molecular flexibility index (Phi) is 32.5. The van der Waals surface area contributed by atoms with Crippen molar-refractivity contribution < 1.29 is 90.5 Å². The fourth-order valence-electron chi connectivity index (χ4n) is 13.4. The third-order valence-corrected chi connectivity index (χ3v) is 19.8. The van der Waals surface area contributed by atoms with E-state index in [0.29, 0.717) is 177 Å². The van der Waals surface area contributed by atoms with Gasteiger partial charge in [-0.25, -0.2) is 0 Å². The Balaban J connectivity index is 0.534. The lowest BCUT2D eigenvalue weighted by molar-refractivity contribution is -0.139. The van der Waals surface area contributed by atoms with Crippen LogP contribution in [0.1, 0.15) is 110 Å². The molecule has 0 saturated carbocycles. The standard InChI is InChI=1S/C82H108N10O19/c1-55(2)78(87-76(95)18-27-102-29-31-104-33-35-106-37-39-108-41-42-109-40-38-107-36-34-105-32-30-103-28-19-83-75(94)17-20-90-77(96)45-58(5)80(90)98)71(93)44-57(4)79(97)86-63-13-9-59(10-14-63)61-46-65-51-84-69-49-72(56(3)43-67(69)81(99)91(65)53-61)110-25-8-26-111-74-50-70-68(48-73(74)101-7)82(100)92-54-62(47-66(92)52-85-70)60-11-15-64(16-12-60)89-23-21-88(6)22-24-89/h9-16,43,48-55,57-58,65-66,78H,8,17-42,44-47H2,1-7H3,(H,83,94)(H,86,97)(H,87,95)/t57-,58?,65+,66+,78+/m1/s1. The Hall–Kier alpha value is -9.30. The monoisotopic (exact) mass is 1540 g/mol. The van der Waals surface area contributed by atoms with E-state index >= 15 is 0 Å². The summed E-state index contributed by atoms with van der Waals surface area (Å²) in [6.07, 6.45) is 9.36. The molecule has 1 unspecified atom stereocenters. The second-order valence-electron chi connectivity index (χ2n) is 28.5. The highest BCUT2D eigenvalue weighted by Crippen LogP contribution is 2.41. The number of hydrogen-bond acceptors (Lipinski definition) is 23. The molecule has 0 aliphatic carbocycles. The molecular formula is C82H108N10O19. The minimum Gasteiger partial charge on any atom is -0.493 e. The summed E-state index contributed by atoms with van der Waals surface area (Å²) < 4.78 is 62.4. The van der Waals surface area contributed by atoms with E-state index in [1.165, 1.54) is 5.69 Å². The van der Waals surface area contributed by atoms with Crippen LogP contribution in [0.25, 0.3) is 11.1 Å². The smallest absolute Gasteiger partial charge is 0.260 e. The van der Waals surface area contributed by atoms with Crippen molar-refractivity contribution in [2.75, 3.05) is 183 Å². The first-order valence-electron chi connectivity index (χ1n) is 38.6. The van der Waals surface area contributed by atoms with Crippen LogP contribution in [0, 0.1) is 24.7 Å². The third-order valence-electron chi connectivity index (χ3n) is 19.8. The largest absolute Gasteiger partial charge is 0.493 e. The van der Waals surface area contributed by atoms with Gasteiger partial charge in [0.15, 0.2) is 17.3 Å². The molecule has 29 nitrogen and oxygen atoms in total. The zero-order chi connectivity index (χ0) is 78.6.